The molecule has 38 heavy (non-hydrogen) atoms. The van der Waals surface area contributed by atoms with E-state index in [1.807, 2.05) is 39.0 Å². The van der Waals surface area contributed by atoms with Gasteiger partial charge in [-0.05, 0) is 54.7 Å². The predicted octanol–water partition coefficient (Wildman–Crippen LogP) is 3.60. The van der Waals surface area contributed by atoms with Gasteiger partial charge in [-0.3, -0.25) is 24.2 Å². The fourth-order valence-electron chi connectivity index (χ4n) is 3.65. The number of hydrogen-bond acceptors (Lipinski definition) is 5. The molecule has 2 atom stereocenters. The number of para-hydroxylation sites is 1. The number of nitrogens with zero attached hydrogens (tertiary/aromatic N) is 2. The van der Waals surface area contributed by atoms with Crippen molar-refractivity contribution >= 4 is 36.8 Å². The third-order valence-corrected chi connectivity index (χ3v) is 6.49. The van der Waals surface area contributed by atoms with Gasteiger partial charge in [0.25, 0.3) is 0 Å². The number of hydrogen-bond donors (Lipinski definition) is 3. The molecule has 0 radical (unpaired) electrons. The molecule has 0 aliphatic carbocycles. The molecular formula is C27H36N3O7P. The SMILES string of the molecule is C/C(=C\C(=O)N[C@H](C(=O)N(C)[C@@H](C)C(=O)N(C)c1ccccc1)C(C)(C)C)c1ccc(OP(=O)(O)O)cc1. The predicted molar refractivity (Wildman–Crippen MR) is 146 cm³/mol. The average Bonchev–Trinajstić information content (AvgIpc) is 2.84. The summed E-state index contributed by atoms with van der Waals surface area (Å²) in [7, 11) is -1.49. The molecule has 3 N–H and O–H groups in total. The van der Waals surface area contributed by atoms with Crippen LogP contribution in [0, 0.1) is 5.41 Å². The minimum absolute atomic E-state index is 0.0117. The van der Waals surface area contributed by atoms with E-state index < -0.39 is 37.1 Å². The zero-order valence-corrected chi connectivity index (χ0v) is 23.6. The summed E-state index contributed by atoms with van der Waals surface area (Å²) in [6, 6.07) is 13.3. The summed E-state index contributed by atoms with van der Waals surface area (Å²) in [5.74, 6) is -1.19. The summed E-state index contributed by atoms with van der Waals surface area (Å²) in [5.41, 5.74) is 1.23. The Morgan fingerprint density at radius 1 is 0.974 bits per heavy atom. The Hall–Kier alpha value is -3.46. The topological polar surface area (TPSA) is 136 Å². The lowest BCUT2D eigenvalue weighted by atomic mass is 9.85. The highest BCUT2D eigenvalue weighted by molar-refractivity contribution is 7.46. The Balaban J connectivity index is 2.16. The minimum atomic E-state index is -4.67. The monoisotopic (exact) mass is 545 g/mol. The largest absolute Gasteiger partial charge is 0.524 e. The van der Waals surface area contributed by atoms with Crippen LogP contribution in [0.25, 0.3) is 5.57 Å². The lowest BCUT2D eigenvalue weighted by Crippen LogP contribution is -2.57. The maximum atomic E-state index is 13.5. The fourth-order valence-corrected chi connectivity index (χ4v) is 4.04. The second-order valence-electron chi connectivity index (χ2n) is 10.1. The van der Waals surface area contributed by atoms with Gasteiger partial charge in [-0.2, -0.15) is 0 Å². The first kappa shape index (κ1) is 30.8. The van der Waals surface area contributed by atoms with Crippen LogP contribution in [0.5, 0.6) is 5.75 Å². The van der Waals surface area contributed by atoms with Crippen molar-refractivity contribution in [2.45, 2.75) is 46.7 Å². The highest BCUT2D eigenvalue weighted by Gasteiger charge is 2.37. The zero-order valence-electron chi connectivity index (χ0n) is 22.7. The second-order valence-corrected chi connectivity index (χ2v) is 11.3. The molecule has 2 aromatic carbocycles. The molecule has 0 saturated heterocycles. The van der Waals surface area contributed by atoms with Crippen molar-refractivity contribution in [2.75, 3.05) is 19.0 Å². The second kappa shape index (κ2) is 12.4. The molecule has 2 aromatic rings. The molecular weight excluding hydrogens is 509 g/mol. The minimum Gasteiger partial charge on any atom is -0.404 e. The Labute approximate surface area is 223 Å². The molecule has 0 bridgehead atoms. The van der Waals surface area contributed by atoms with Crippen LogP contribution in [-0.4, -0.2) is 58.6 Å². The smallest absolute Gasteiger partial charge is 0.404 e. The maximum Gasteiger partial charge on any atom is 0.524 e. The summed E-state index contributed by atoms with van der Waals surface area (Å²) < 4.78 is 15.5. The maximum absolute atomic E-state index is 13.5. The van der Waals surface area contributed by atoms with E-state index in [9.17, 15) is 18.9 Å². The first-order valence-corrected chi connectivity index (χ1v) is 13.5. The molecule has 0 aliphatic heterocycles. The standard InChI is InChI=1S/C27H36N3O7P/c1-18(20-13-15-22(16-14-20)37-38(34,35)36)17-23(31)28-24(27(3,4)5)26(33)29(6)19(2)25(32)30(7)21-11-9-8-10-12-21/h8-17,19,24H,1-7H3,(H,28,31)(H2,34,35,36)/b18-17+/t19-,24+/m0/s1. The molecule has 10 nitrogen and oxygen atoms in total. The number of carbonyl (C=O) groups is 3. The molecule has 0 fully saturated rings. The Kier molecular flexibility index (Phi) is 10.0. The van der Waals surface area contributed by atoms with Gasteiger partial charge in [-0.1, -0.05) is 51.1 Å². The van der Waals surface area contributed by atoms with E-state index in [0.717, 1.165) is 0 Å². The van der Waals surface area contributed by atoms with Crippen LogP contribution in [-0.2, 0) is 18.9 Å². The van der Waals surface area contributed by atoms with E-state index in [1.54, 1.807) is 45.2 Å². The van der Waals surface area contributed by atoms with Gasteiger partial charge in [0, 0.05) is 25.9 Å². The fraction of sp³-hybridized carbons (Fsp3) is 0.370. The van der Waals surface area contributed by atoms with Crippen LogP contribution in [0.3, 0.4) is 0 Å². The van der Waals surface area contributed by atoms with Crippen molar-refractivity contribution in [3.05, 3.63) is 66.2 Å². The third-order valence-electron chi connectivity index (χ3n) is 6.04. The average molecular weight is 546 g/mol. The van der Waals surface area contributed by atoms with Gasteiger partial charge >= 0.3 is 7.82 Å². The van der Waals surface area contributed by atoms with Crippen LogP contribution in [0.15, 0.2) is 60.7 Å². The highest BCUT2D eigenvalue weighted by atomic mass is 31.2. The van der Waals surface area contributed by atoms with Gasteiger partial charge in [0.05, 0.1) is 0 Å². The van der Waals surface area contributed by atoms with Crippen molar-refractivity contribution < 1.29 is 33.3 Å². The molecule has 0 aromatic heterocycles. The number of nitrogens with one attached hydrogen (secondary N) is 1. The summed E-state index contributed by atoms with van der Waals surface area (Å²) in [6.07, 6.45) is 1.34. The number of phosphoric ester groups is 1. The first-order chi connectivity index (χ1) is 17.5. The van der Waals surface area contributed by atoms with Crippen molar-refractivity contribution in [1.82, 2.24) is 10.2 Å². The molecule has 206 valence electrons. The normalized spacial score (nSPS) is 13.8. The van der Waals surface area contributed by atoms with Gasteiger partial charge in [0.1, 0.15) is 17.8 Å². The van der Waals surface area contributed by atoms with Gasteiger partial charge in [0.2, 0.25) is 17.7 Å². The number of allylic oxidation sites excluding steroid dienone is 1. The van der Waals surface area contributed by atoms with Crippen LogP contribution in [0.1, 0.15) is 40.2 Å². The Morgan fingerprint density at radius 3 is 2.03 bits per heavy atom. The molecule has 0 heterocycles. The number of rotatable bonds is 9. The number of anilines is 1. The highest BCUT2D eigenvalue weighted by Crippen LogP contribution is 2.37. The summed E-state index contributed by atoms with van der Waals surface area (Å²) in [5, 5.41) is 2.78. The molecule has 0 saturated carbocycles. The first-order valence-electron chi connectivity index (χ1n) is 11.9. The van der Waals surface area contributed by atoms with E-state index >= 15 is 0 Å². The van der Waals surface area contributed by atoms with Gasteiger partial charge < -0.3 is 19.6 Å². The molecule has 0 spiro atoms. The lowest BCUT2D eigenvalue weighted by Gasteiger charge is -2.36. The van der Waals surface area contributed by atoms with E-state index in [0.29, 0.717) is 16.8 Å². The van der Waals surface area contributed by atoms with Gasteiger partial charge in [-0.15, -0.1) is 0 Å². The summed E-state index contributed by atoms with van der Waals surface area (Å²) in [4.78, 5) is 60.1. The number of likely N-dealkylation sites (N-methyl/N-ethyl adjacent to an activating group) is 2. The quantitative estimate of drug-likeness (QED) is 0.324. The van der Waals surface area contributed by atoms with Crippen molar-refractivity contribution in [2.24, 2.45) is 5.41 Å². The Morgan fingerprint density at radius 2 is 1.53 bits per heavy atom. The van der Waals surface area contributed by atoms with Crippen LogP contribution in [0.4, 0.5) is 5.69 Å². The molecule has 11 heteroatoms. The summed E-state index contributed by atoms with van der Waals surface area (Å²) >= 11 is 0. The zero-order chi connectivity index (χ0) is 28.8. The van der Waals surface area contributed by atoms with E-state index in [4.69, 9.17) is 9.79 Å². The van der Waals surface area contributed by atoms with Crippen molar-refractivity contribution in [3.63, 3.8) is 0 Å². The molecule has 0 aliphatic rings. The van der Waals surface area contributed by atoms with E-state index in [1.165, 1.54) is 35.1 Å². The van der Waals surface area contributed by atoms with Crippen LogP contribution >= 0.6 is 7.82 Å². The van der Waals surface area contributed by atoms with Gasteiger partial charge in [-0.25, -0.2) is 4.57 Å². The van der Waals surface area contributed by atoms with E-state index in [2.05, 4.69) is 9.84 Å². The lowest BCUT2D eigenvalue weighted by molar-refractivity contribution is -0.142. The molecule has 3 amide bonds. The third kappa shape index (κ3) is 8.55. The number of benzene rings is 2. The van der Waals surface area contributed by atoms with E-state index in [-0.39, 0.29) is 11.7 Å². The summed E-state index contributed by atoms with van der Waals surface area (Å²) in [6.45, 7) is 8.80. The molecule has 0 unspecified atom stereocenters. The van der Waals surface area contributed by atoms with Crippen molar-refractivity contribution in [1.29, 1.82) is 0 Å². The van der Waals surface area contributed by atoms with Crippen LogP contribution in [0.2, 0.25) is 0 Å². The molecule has 2 rings (SSSR count). The Bertz CT molecular complexity index is 1220. The van der Waals surface area contributed by atoms with Gasteiger partial charge in [0.15, 0.2) is 0 Å². The number of carbonyl (C=O) groups excluding carboxylic acids is 3. The van der Waals surface area contributed by atoms with Crippen LogP contribution < -0.4 is 14.7 Å². The number of amides is 3. The van der Waals surface area contributed by atoms with Crippen molar-refractivity contribution in [3.8, 4) is 5.75 Å². The number of phosphoric acid groups is 1.